The lowest BCUT2D eigenvalue weighted by molar-refractivity contribution is -0.115. The molecule has 1 heterocycles. The number of thioether (sulfide) groups is 1. The van der Waals surface area contributed by atoms with Crippen LogP contribution in [-0.4, -0.2) is 11.2 Å². The van der Waals surface area contributed by atoms with Crippen LogP contribution in [0.15, 0.2) is 47.4 Å². The van der Waals surface area contributed by atoms with E-state index in [-0.39, 0.29) is 11.2 Å². The molecule has 4 heteroatoms. The first-order chi connectivity index (χ1) is 10.1. The Bertz CT molecular complexity index is 684. The Hall–Kier alpha value is -1.94. The van der Waals surface area contributed by atoms with Crippen LogP contribution in [0, 0.1) is 6.92 Å². The first kappa shape index (κ1) is 14.0. The maximum atomic E-state index is 12.4. The third-order valence-electron chi connectivity index (χ3n) is 3.72. The summed E-state index contributed by atoms with van der Waals surface area (Å²) in [5.74, 6) is 0.0757. The summed E-state index contributed by atoms with van der Waals surface area (Å²) in [5, 5.41) is 2.95. The van der Waals surface area contributed by atoms with Crippen LogP contribution in [-0.2, 0) is 11.2 Å². The minimum atomic E-state index is -0.0853. The highest BCUT2D eigenvalue weighted by molar-refractivity contribution is 8.00. The summed E-state index contributed by atoms with van der Waals surface area (Å²) in [6.45, 7) is 2.05. The van der Waals surface area contributed by atoms with Gasteiger partial charge in [-0.05, 0) is 49.1 Å². The van der Waals surface area contributed by atoms with Crippen molar-refractivity contribution in [2.75, 3.05) is 11.1 Å². The molecule has 0 saturated carbocycles. The summed E-state index contributed by atoms with van der Waals surface area (Å²) in [4.78, 5) is 13.5. The zero-order chi connectivity index (χ0) is 14.8. The fraction of sp³-hybridized carbons (Fsp3) is 0.235. The van der Waals surface area contributed by atoms with E-state index < -0.39 is 0 Å². The van der Waals surface area contributed by atoms with Crippen molar-refractivity contribution in [1.29, 1.82) is 0 Å². The fourth-order valence-corrected chi connectivity index (χ4v) is 3.67. The Morgan fingerprint density at radius 2 is 2.05 bits per heavy atom. The number of carbonyl (C=O) groups excluding carboxylic acids is 1. The average molecular weight is 298 g/mol. The van der Waals surface area contributed by atoms with Gasteiger partial charge in [-0.15, -0.1) is 11.8 Å². The first-order valence-electron chi connectivity index (χ1n) is 7.05. The van der Waals surface area contributed by atoms with Gasteiger partial charge in [0.05, 0.1) is 5.25 Å². The molecular formula is C17H18N2OS. The van der Waals surface area contributed by atoms with Gasteiger partial charge >= 0.3 is 0 Å². The van der Waals surface area contributed by atoms with Crippen LogP contribution in [0.4, 0.5) is 11.4 Å². The average Bonchev–Trinajstić information content (AvgIpc) is 2.62. The van der Waals surface area contributed by atoms with E-state index in [2.05, 4.69) is 11.4 Å². The highest BCUT2D eigenvalue weighted by Crippen LogP contribution is 2.33. The normalized spacial score (nSPS) is 17.8. The van der Waals surface area contributed by atoms with Crippen molar-refractivity contribution in [3.8, 4) is 0 Å². The summed E-state index contributed by atoms with van der Waals surface area (Å²) in [5.41, 5.74) is 9.89. The lowest BCUT2D eigenvalue weighted by Gasteiger charge is -2.14. The van der Waals surface area contributed by atoms with Crippen LogP contribution in [0.2, 0.25) is 0 Å². The molecule has 0 fully saturated rings. The van der Waals surface area contributed by atoms with Gasteiger partial charge in [-0.1, -0.05) is 24.3 Å². The first-order valence-corrected chi connectivity index (χ1v) is 7.93. The molecule has 2 aromatic rings. The van der Waals surface area contributed by atoms with Gasteiger partial charge in [0.2, 0.25) is 5.91 Å². The minimum absolute atomic E-state index is 0.0757. The van der Waals surface area contributed by atoms with Crippen LogP contribution in [0.5, 0.6) is 0 Å². The van der Waals surface area contributed by atoms with Crippen LogP contribution in [0.3, 0.4) is 0 Å². The number of fused-ring (bicyclic) bond motifs is 1. The second-order valence-corrected chi connectivity index (χ2v) is 6.56. The molecule has 0 spiro atoms. The second kappa shape index (κ2) is 5.82. The molecule has 0 saturated heterocycles. The summed E-state index contributed by atoms with van der Waals surface area (Å²) in [6, 6.07) is 13.9. The Morgan fingerprint density at radius 3 is 2.90 bits per heavy atom. The smallest absolute Gasteiger partial charge is 0.237 e. The molecule has 3 N–H and O–H groups in total. The molecule has 0 aliphatic carbocycles. The zero-order valence-electron chi connectivity index (χ0n) is 11.9. The molecule has 21 heavy (non-hydrogen) atoms. The Kier molecular flexibility index (Phi) is 3.88. The number of nitrogens with one attached hydrogen (secondary N) is 1. The van der Waals surface area contributed by atoms with Crippen molar-refractivity contribution >= 4 is 29.0 Å². The molecule has 1 atom stereocenters. The molecular weight excluding hydrogens is 280 g/mol. The maximum absolute atomic E-state index is 12.4. The highest BCUT2D eigenvalue weighted by Gasteiger charge is 2.24. The molecule has 1 aliphatic heterocycles. The van der Waals surface area contributed by atoms with Gasteiger partial charge in [-0.2, -0.15) is 0 Å². The predicted molar refractivity (Wildman–Crippen MR) is 88.6 cm³/mol. The van der Waals surface area contributed by atoms with Gasteiger partial charge in [0.15, 0.2) is 0 Å². The number of para-hydroxylation sites is 1. The molecule has 1 amide bonds. The van der Waals surface area contributed by atoms with Gasteiger partial charge in [-0.3, -0.25) is 4.79 Å². The van der Waals surface area contributed by atoms with E-state index >= 15 is 0 Å². The SMILES string of the molecule is Cc1ccc(N)cc1SC1CCc2ccccc2NC1=O. The number of anilines is 2. The number of nitrogen functional groups attached to an aromatic ring is 1. The fourth-order valence-electron chi connectivity index (χ4n) is 2.50. The topological polar surface area (TPSA) is 55.1 Å². The summed E-state index contributed by atoms with van der Waals surface area (Å²) >= 11 is 1.61. The molecule has 3 nitrogen and oxygen atoms in total. The predicted octanol–water partition coefficient (Wildman–Crippen LogP) is 3.62. The van der Waals surface area contributed by atoms with Crippen molar-refractivity contribution in [2.24, 2.45) is 0 Å². The van der Waals surface area contributed by atoms with Crippen molar-refractivity contribution < 1.29 is 4.79 Å². The second-order valence-electron chi connectivity index (χ2n) is 5.32. The van der Waals surface area contributed by atoms with Crippen molar-refractivity contribution in [2.45, 2.75) is 29.9 Å². The lowest BCUT2D eigenvalue weighted by atomic mass is 10.1. The monoisotopic (exact) mass is 298 g/mol. The summed E-state index contributed by atoms with van der Waals surface area (Å²) in [7, 11) is 0. The maximum Gasteiger partial charge on any atom is 0.237 e. The Labute approximate surface area is 128 Å². The van der Waals surface area contributed by atoms with E-state index in [0.29, 0.717) is 0 Å². The van der Waals surface area contributed by atoms with E-state index in [9.17, 15) is 4.79 Å². The van der Waals surface area contributed by atoms with Gasteiger partial charge < -0.3 is 11.1 Å². The third kappa shape index (κ3) is 3.05. The van der Waals surface area contributed by atoms with E-state index in [0.717, 1.165) is 34.7 Å². The number of benzene rings is 2. The standard InChI is InChI=1S/C17H18N2OS/c1-11-6-8-13(18)10-16(11)21-15-9-7-12-4-2-3-5-14(12)19-17(15)20/h2-6,8,10,15H,7,9,18H2,1H3,(H,19,20). The van der Waals surface area contributed by atoms with Crippen molar-refractivity contribution in [1.82, 2.24) is 0 Å². The lowest BCUT2D eigenvalue weighted by Crippen LogP contribution is -2.23. The number of hydrogen-bond acceptors (Lipinski definition) is 3. The van der Waals surface area contributed by atoms with Gasteiger partial charge in [0.25, 0.3) is 0 Å². The van der Waals surface area contributed by atoms with Crippen LogP contribution in [0.25, 0.3) is 0 Å². The van der Waals surface area contributed by atoms with Gasteiger partial charge in [0.1, 0.15) is 0 Å². The quantitative estimate of drug-likeness (QED) is 0.833. The molecule has 108 valence electrons. The van der Waals surface area contributed by atoms with Crippen LogP contribution < -0.4 is 11.1 Å². The number of aryl methyl sites for hydroxylation is 2. The van der Waals surface area contributed by atoms with Crippen molar-refractivity contribution in [3.05, 3.63) is 53.6 Å². The molecule has 1 unspecified atom stereocenters. The molecule has 3 rings (SSSR count). The molecule has 0 aromatic heterocycles. The minimum Gasteiger partial charge on any atom is -0.399 e. The Morgan fingerprint density at radius 1 is 1.24 bits per heavy atom. The van der Waals surface area contributed by atoms with E-state index in [1.54, 1.807) is 11.8 Å². The number of carbonyl (C=O) groups is 1. The number of rotatable bonds is 2. The summed E-state index contributed by atoms with van der Waals surface area (Å²) in [6.07, 6.45) is 1.75. The number of amides is 1. The van der Waals surface area contributed by atoms with E-state index in [1.165, 1.54) is 5.56 Å². The zero-order valence-corrected chi connectivity index (χ0v) is 12.7. The number of hydrogen-bond donors (Lipinski definition) is 2. The van der Waals surface area contributed by atoms with E-state index in [4.69, 9.17) is 5.73 Å². The van der Waals surface area contributed by atoms with Crippen molar-refractivity contribution in [3.63, 3.8) is 0 Å². The Balaban J connectivity index is 1.81. The molecule has 0 radical (unpaired) electrons. The molecule has 0 bridgehead atoms. The number of nitrogens with two attached hydrogens (primary N) is 1. The highest BCUT2D eigenvalue weighted by atomic mass is 32.2. The third-order valence-corrected chi connectivity index (χ3v) is 5.15. The van der Waals surface area contributed by atoms with E-state index in [1.807, 2.05) is 43.3 Å². The van der Waals surface area contributed by atoms with Gasteiger partial charge in [-0.25, -0.2) is 0 Å². The van der Waals surface area contributed by atoms with Crippen LogP contribution >= 0.6 is 11.8 Å². The summed E-state index contributed by atoms with van der Waals surface area (Å²) < 4.78 is 0. The molecule has 2 aromatic carbocycles. The van der Waals surface area contributed by atoms with Gasteiger partial charge in [0, 0.05) is 16.3 Å². The molecule has 1 aliphatic rings. The van der Waals surface area contributed by atoms with Crippen LogP contribution in [0.1, 0.15) is 17.5 Å². The largest absolute Gasteiger partial charge is 0.399 e.